The van der Waals surface area contributed by atoms with Gasteiger partial charge in [-0.2, -0.15) is 8.42 Å². The maximum Gasteiger partial charge on any atom is 0.314 e. The molecule has 1 aliphatic rings. The van der Waals surface area contributed by atoms with Crippen LogP contribution in [0.4, 0.5) is 0 Å². The number of carboxylic acids is 2. The van der Waals surface area contributed by atoms with Gasteiger partial charge in [-0.25, -0.2) is 0 Å². The molecule has 1 fully saturated rings. The highest BCUT2D eigenvalue weighted by molar-refractivity contribution is 7.73. The molecule has 2 unspecified atom stereocenters. The van der Waals surface area contributed by atoms with E-state index in [-0.39, 0.29) is 6.54 Å². The molecule has 14 heavy (non-hydrogen) atoms. The van der Waals surface area contributed by atoms with E-state index in [1.807, 2.05) is 0 Å². The second kappa shape index (κ2) is 3.76. The van der Waals surface area contributed by atoms with Crippen LogP contribution in [0.5, 0.6) is 0 Å². The van der Waals surface area contributed by atoms with Crippen LogP contribution in [-0.4, -0.2) is 42.1 Å². The monoisotopic (exact) mass is 221 g/mol. The molecule has 0 aromatic heterocycles. The van der Waals surface area contributed by atoms with Gasteiger partial charge < -0.3 is 10.2 Å². The molecule has 0 bridgehead atoms. The fourth-order valence-corrected chi connectivity index (χ4v) is 1.97. The van der Waals surface area contributed by atoms with E-state index in [0.29, 0.717) is 0 Å². The number of carbonyl (C=O) groups is 2. The van der Waals surface area contributed by atoms with Gasteiger partial charge in [0, 0.05) is 6.54 Å². The summed E-state index contributed by atoms with van der Waals surface area (Å²) in [5.74, 6) is -5.53. The molecule has 1 rings (SSSR count). The molecule has 0 spiro atoms. The van der Waals surface area contributed by atoms with Gasteiger partial charge in [0.05, 0.1) is 5.92 Å². The summed E-state index contributed by atoms with van der Waals surface area (Å²) < 4.78 is 21.1. The summed E-state index contributed by atoms with van der Waals surface area (Å²) in [4.78, 5) is 20.7. The molecule has 1 heterocycles. The Kier molecular flexibility index (Phi) is 2.87. The Morgan fingerprint density at radius 2 is 1.86 bits per heavy atom. The first kappa shape index (κ1) is 10.7. The van der Waals surface area contributed by atoms with E-state index in [1.54, 1.807) is 0 Å². The van der Waals surface area contributed by atoms with E-state index >= 15 is 0 Å². The molecule has 0 aromatic carbocycles. The van der Waals surface area contributed by atoms with Crippen molar-refractivity contribution in [2.45, 2.75) is 0 Å². The zero-order chi connectivity index (χ0) is 10.9. The van der Waals surface area contributed by atoms with Gasteiger partial charge in [-0.15, -0.1) is 0 Å². The fraction of sp³-hybridized carbons (Fsp3) is 0.500. The fourth-order valence-electron chi connectivity index (χ4n) is 1.30. The van der Waals surface area contributed by atoms with Crippen molar-refractivity contribution in [3.63, 3.8) is 0 Å². The second-order valence-electron chi connectivity index (χ2n) is 2.74. The van der Waals surface area contributed by atoms with Crippen molar-refractivity contribution in [3.8, 4) is 0 Å². The molecule has 3 N–H and O–H groups in total. The third-order valence-electron chi connectivity index (χ3n) is 1.94. The Labute approximate surface area is 79.9 Å². The third kappa shape index (κ3) is 1.75. The lowest BCUT2D eigenvalue weighted by Crippen LogP contribution is -2.31. The van der Waals surface area contributed by atoms with Crippen LogP contribution < -0.4 is 5.32 Å². The lowest BCUT2D eigenvalue weighted by atomic mass is 9.96. The maximum atomic E-state index is 10.6. The molecule has 78 valence electrons. The van der Waals surface area contributed by atoms with Crippen LogP contribution in [-0.2, 0) is 19.9 Å². The van der Waals surface area contributed by atoms with Crippen molar-refractivity contribution in [1.29, 1.82) is 0 Å². The van der Waals surface area contributed by atoms with Crippen LogP contribution in [0.2, 0.25) is 0 Å². The first-order chi connectivity index (χ1) is 6.45. The summed E-state index contributed by atoms with van der Waals surface area (Å²) in [5, 5.41) is 19.5. The summed E-state index contributed by atoms with van der Waals surface area (Å²) in [5.41, 5.74) is 0. The van der Waals surface area contributed by atoms with E-state index in [1.165, 1.54) is 0 Å². The summed E-state index contributed by atoms with van der Waals surface area (Å²) in [6.45, 7) is -0.185. The number of hydrogen-bond donors (Lipinski definition) is 3. The Balaban J connectivity index is 3.16. The van der Waals surface area contributed by atoms with E-state index < -0.39 is 39.1 Å². The number of aliphatic carboxylic acids is 2. The summed E-state index contributed by atoms with van der Waals surface area (Å²) in [6.07, 6.45) is 0. The summed E-state index contributed by atoms with van der Waals surface area (Å²) >= 11 is 0. The highest BCUT2D eigenvalue weighted by atomic mass is 32.2. The van der Waals surface area contributed by atoms with Gasteiger partial charge in [-0.1, -0.05) is 0 Å². The molecule has 0 radical (unpaired) electrons. The van der Waals surface area contributed by atoms with Gasteiger partial charge in [0.25, 0.3) is 0 Å². The van der Waals surface area contributed by atoms with Crippen LogP contribution in [0, 0.1) is 11.8 Å². The van der Waals surface area contributed by atoms with E-state index in [4.69, 9.17) is 10.2 Å². The van der Waals surface area contributed by atoms with Gasteiger partial charge in [-0.05, 0) is 0 Å². The average Bonchev–Trinajstić information content (AvgIpc) is 2.46. The average molecular weight is 221 g/mol. The van der Waals surface area contributed by atoms with Crippen molar-refractivity contribution in [3.05, 3.63) is 0 Å². The first-order valence-electron chi connectivity index (χ1n) is 3.60. The standard InChI is InChI=1S/C6H7NO6S/c8-5(9)2-1-7-4(14(12)13)3(2)6(10)11/h2-3,7H,1H2,(H,8,9)(H,10,11). The molecular formula is C6H7NO6S. The lowest BCUT2D eigenvalue weighted by Gasteiger charge is -2.07. The Bertz CT molecular complexity index is 402. The Morgan fingerprint density at radius 3 is 2.21 bits per heavy atom. The maximum absolute atomic E-state index is 10.6. The number of carboxylic acid groups (broad SMARTS) is 2. The predicted octanol–water partition coefficient (Wildman–Crippen LogP) is -2.00. The highest BCUT2D eigenvalue weighted by Gasteiger charge is 2.43. The minimum absolute atomic E-state index is 0.185. The van der Waals surface area contributed by atoms with Crippen LogP contribution in [0.1, 0.15) is 0 Å². The largest absolute Gasteiger partial charge is 0.481 e. The number of nitrogens with one attached hydrogen (secondary N) is 1. The number of hydrogen-bond acceptors (Lipinski definition) is 4. The summed E-state index contributed by atoms with van der Waals surface area (Å²) in [6, 6.07) is 0. The molecule has 0 saturated carbocycles. The molecule has 0 aliphatic carbocycles. The van der Waals surface area contributed by atoms with Crippen molar-refractivity contribution >= 4 is 27.2 Å². The van der Waals surface area contributed by atoms with Crippen LogP contribution in [0.15, 0.2) is 0 Å². The van der Waals surface area contributed by atoms with Crippen LogP contribution in [0.3, 0.4) is 0 Å². The van der Waals surface area contributed by atoms with Crippen molar-refractivity contribution in [2.24, 2.45) is 11.8 Å². The highest BCUT2D eigenvalue weighted by Crippen LogP contribution is 2.18. The van der Waals surface area contributed by atoms with Crippen molar-refractivity contribution in [2.75, 3.05) is 6.54 Å². The van der Waals surface area contributed by atoms with Crippen LogP contribution in [0.25, 0.3) is 0 Å². The zero-order valence-corrected chi connectivity index (χ0v) is 7.61. The quantitative estimate of drug-likeness (QED) is 0.461. The van der Waals surface area contributed by atoms with E-state index in [2.05, 4.69) is 5.32 Å². The molecular weight excluding hydrogens is 214 g/mol. The SMILES string of the molecule is O=C(O)C1CNC(=S(=O)=O)C1C(=O)O. The molecule has 8 heteroatoms. The second-order valence-corrected chi connectivity index (χ2v) is 3.65. The lowest BCUT2D eigenvalue weighted by molar-refractivity contribution is -0.149. The van der Waals surface area contributed by atoms with Gasteiger partial charge in [0.15, 0.2) is 0 Å². The Morgan fingerprint density at radius 1 is 1.29 bits per heavy atom. The third-order valence-corrected chi connectivity index (χ3v) is 2.70. The minimum Gasteiger partial charge on any atom is -0.481 e. The van der Waals surface area contributed by atoms with Gasteiger partial charge in [-0.3, -0.25) is 14.9 Å². The van der Waals surface area contributed by atoms with Crippen LogP contribution >= 0.6 is 0 Å². The normalized spacial score (nSPS) is 26.1. The minimum atomic E-state index is -2.72. The van der Waals surface area contributed by atoms with E-state index in [9.17, 15) is 18.0 Å². The van der Waals surface area contributed by atoms with Crippen molar-refractivity contribution < 1.29 is 28.2 Å². The van der Waals surface area contributed by atoms with Gasteiger partial charge in [0.2, 0.25) is 10.3 Å². The zero-order valence-electron chi connectivity index (χ0n) is 6.80. The van der Waals surface area contributed by atoms with Gasteiger partial charge >= 0.3 is 11.9 Å². The molecule has 2 atom stereocenters. The molecule has 7 nitrogen and oxygen atoms in total. The Hall–Kier alpha value is -1.41. The molecule has 0 amide bonds. The molecule has 1 aliphatic heterocycles. The van der Waals surface area contributed by atoms with Crippen molar-refractivity contribution in [1.82, 2.24) is 5.32 Å². The number of rotatable bonds is 2. The summed E-state index contributed by atoms with van der Waals surface area (Å²) in [7, 11) is -2.72. The molecule has 0 aromatic rings. The predicted molar refractivity (Wildman–Crippen MR) is 44.2 cm³/mol. The first-order valence-corrected chi connectivity index (χ1v) is 4.68. The van der Waals surface area contributed by atoms with Gasteiger partial charge in [0.1, 0.15) is 10.9 Å². The molecule has 1 saturated heterocycles. The topological polar surface area (TPSA) is 121 Å². The smallest absolute Gasteiger partial charge is 0.314 e. The van der Waals surface area contributed by atoms with E-state index in [0.717, 1.165) is 0 Å².